The summed E-state index contributed by atoms with van der Waals surface area (Å²) in [6.07, 6.45) is 1.04. The maximum atomic E-state index is 5.54. The lowest BCUT2D eigenvalue weighted by molar-refractivity contribution is 0.415. The van der Waals surface area contributed by atoms with Crippen molar-refractivity contribution < 1.29 is 4.74 Å². The molecule has 0 saturated carbocycles. The second-order valence-corrected chi connectivity index (χ2v) is 8.14. The lowest BCUT2D eigenvalue weighted by atomic mass is 10.1. The molecule has 0 bridgehead atoms. The Kier molecular flexibility index (Phi) is 8.60. The zero-order valence-electron chi connectivity index (χ0n) is 19.7. The van der Waals surface area contributed by atoms with Crippen LogP contribution in [-0.2, 0) is 6.54 Å². The van der Waals surface area contributed by atoms with E-state index >= 15 is 0 Å². The van der Waals surface area contributed by atoms with Crippen LogP contribution in [0.15, 0.2) is 59.6 Å². The van der Waals surface area contributed by atoms with Gasteiger partial charge in [0.05, 0.1) is 24.2 Å². The molecule has 0 amide bonds. The number of aliphatic imine (C=N–C) groups is 1. The Hall–Kier alpha value is -2.75. The van der Waals surface area contributed by atoms with Gasteiger partial charge in [-0.3, -0.25) is 4.99 Å². The van der Waals surface area contributed by atoms with Crippen molar-refractivity contribution in [1.82, 2.24) is 20.4 Å². The highest BCUT2D eigenvalue weighted by Crippen LogP contribution is 2.30. The summed E-state index contributed by atoms with van der Waals surface area (Å²) in [5.74, 6) is 1.72. The van der Waals surface area contributed by atoms with Crippen molar-refractivity contribution in [2.24, 2.45) is 4.99 Å². The standard InChI is InChI=1S/C25H32N6O.HI/c1-18-15-19(2)31(29-18)22-10-6-5-9-20(22)16-27-25(26-3)28-21-13-14-30(17-21)23-11-7-8-12-24(23)32-4;/h5-12,15,21H,13-14,16-17H2,1-4H3,(H2,26,27,28);1H. The van der Waals surface area contributed by atoms with E-state index in [1.807, 2.05) is 36.9 Å². The van der Waals surface area contributed by atoms with Crippen LogP contribution in [0.1, 0.15) is 23.4 Å². The predicted molar refractivity (Wildman–Crippen MR) is 145 cm³/mol. The topological polar surface area (TPSA) is 66.7 Å². The Bertz CT molecular complexity index is 1100. The zero-order chi connectivity index (χ0) is 22.5. The normalized spacial score (nSPS) is 15.8. The van der Waals surface area contributed by atoms with Gasteiger partial charge in [-0.05, 0) is 50.1 Å². The number of para-hydroxylation sites is 3. The summed E-state index contributed by atoms with van der Waals surface area (Å²) in [6, 6.07) is 18.9. The Balaban J connectivity index is 0.00000306. The van der Waals surface area contributed by atoms with Crippen LogP contribution in [0, 0.1) is 13.8 Å². The first-order valence-corrected chi connectivity index (χ1v) is 11.1. The molecule has 3 aromatic rings. The molecule has 1 aliphatic rings. The van der Waals surface area contributed by atoms with Crippen LogP contribution >= 0.6 is 24.0 Å². The molecule has 0 radical (unpaired) electrons. The fraction of sp³-hybridized carbons (Fsp3) is 0.360. The molecular formula is C25H33IN6O. The Morgan fingerprint density at radius 2 is 1.85 bits per heavy atom. The zero-order valence-corrected chi connectivity index (χ0v) is 22.0. The fourth-order valence-corrected chi connectivity index (χ4v) is 4.29. The lowest BCUT2D eigenvalue weighted by Gasteiger charge is -2.22. The fourth-order valence-electron chi connectivity index (χ4n) is 4.29. The van der Waals surface area contributed by atoms with Gasteiger partial charge in [0.2, 0.25) is 0 Å². The summed E-state index contributed by atoms with van der Waals surface area (Å²) in [6.45, 7) is 6.65. The third kappa shape index (κ3) is 5.79. The van der Waals surface area contributed by atoms with Crippen molar-refractivity contribution >= 4 is 35.6 Å². The third-order valence-electron chi connectivity index (χ3n) is 5.85. The van der Waals surface area contributed by atoms with Gasteiger partial charge < -0.3 is 20.3 Å². The quantitative estimate of drug-likeness (QED) is 0.271. The number of nitrogens with one attached hydrogen (secondary N) is 2. The third-order valence-corrected chi connectivity index (χ3v) is 5.85. The second kappa shape index (κ2) is 11.4. The molecule has 1 unspecified atom stereocenters. The Morgan fingerprint density at radius 1 is 1.12 bits per heavy atom. The highest BCUT2D eigenvalue weighted by molar-refractivity contribution is 14.0. The first kappa shape index (κ1) is 24.9. The van der Waals surface area contributed by atoms with Gasteiger partial charge in [0, 0.05) is 38.4 Å². The average molecular weight is 560 g/mol. The molecule has 1 fully saturated rings. The molecule has 1 saturated heterocycles. The van der Waals surface area contributed by atoms with E-state index in [0.717, 1.165) is 54.0 Å². The van der Waals surface area contributed by atoms with E-state index in [1.54, 1.807) is 7.11 Å². The van der Waals surface area contributed by atoms with Gasteiger partial charge in [0.1, 0.15) is 5.75 Å². The molecule has 2 N–H and O–H groups in total. The van der Waals surface area contributed by atoms with Crippen LogP contribution in [0.2, 0.25) is 0 Å². The molecule has 2 aromatic carbocycles. The maximum absolute atomic E-state index is 5.54. The molecule has 33 heavy (non-hydrogen) atoms. The smallest absolute Gasteiger partial charge is 0.191 e. The summed E-state index contributed by atoms with van der Waals surface area (Å²) < 4.78 is 7.54. The number of aryl methyl sites for hydroxylation is 2. The van der Waals surface area contributed by atoms with Crippen molar-refractivity contribution in [2.75, 3.05) is 32.1 Å². The van der Waals surface area contributed by atoms with Gasteiger partial charge in [-0.25, -0.2) is 4.68 Å². The van der Waals surface area contributed by atoms with Gasteiger partial charge >= 0.3 is 0 Å². The van der Waals surface area contributed by atoms with Crippen LogP contribution in [0.3, 0.4) is 0 Å². The van der Waals surface area contributed by atoms with Crippen molar-refractivity contribution in [3.05, 3.63) is 71.5 Å². The van der Waals surface area contributed by atoms with Gasteiger partial charge in [-0.2, -0.15) is 5.10 Å². The van der Waals surface area contributed by atoms with Crippen molar-refractivity contribution in [1.29, 1.82) is 0 Å². The van der Waals surface area contributed by atoms with E-state index < -0.39 is 0 Å². The summed E-state index contributed by atoms with van der Waals surface area (Å²) >= 11 is 0. The first-order chi connectivity index (χ1) is 15.6. The molecule has 1 aliphatic heterocycles. The first-order valence-electron chi connectivity index (χ1n) is 11.1. The van der Waals surface area contributed by atoms with E-state index in [9.17, 15) is 0 Å². The van der Waals surface area contributed by atoms with E-state index in [2.05, 4.69) is 68.9 Å². The van der Waals surface area contributed by atoms with Gasteiger partial charge in [0.25, 0.3) is 0 Å². The van der Waals surface area contributed by atoms with Crippen molar-refractivity contribution in [3.8, 4) is 11.4 Å². The van der Waals surface area contributed by atoms with Crippen LogP contribution in [0.25, 0.3) is 5.69 Å². The van der Waals surface area contributed by atoms with E-state index in [0.29, 0.717) is 12.6 Å². The summed E-state index contributed by atoms with van der Waals surface area (Å²) in [7, 11) is 3.54. The number of halogens is 1. The van der Waals surface area contributed by atoms with Crippen molar-refractivity contribution in [3.63, 3.8) is 0 Å². The number of rotatable bonds is 6. The molecule has 1 atom stereocenters. The number of hydrogen-bond donors (Lipinski definition) is 2. The van der Waals surface area contributed by atoms with E-state index in [-0.39, 0.29) is 24.0 Å². The van der Waals surface area contributed by atoms with E-state index in [4.69, 9.17) is 4.74 Å². The van der Waals surface area contributed by atoms with Crippen molar-refractivity contribution in [2.45, 2.75) is 32.9 Å². The summed E-state index contributed by atoms with van der Waals surface area (Å²) in [5.41, 5.74) is 5.54. The number of ether oxygens (including phenoxy) is 1. The molecule has 1 aromatic heterocycles. The Labute approximate surface area is 213 Å². The molecule has 7 nitrogen and oxygen atoms in total. The summed E-state index contributed by atoms with van der Waals surface area (Å²) in [5, 5.41) is 11.7. The molecule has 8 heteroatoms. The Morgan fingerprint density at radius 3 is 2.55 bits per heavy atom. The molecule has 0 spiro atoms. The van der Waals surface area contributed by atoms with Gasteiger partial charge in [0.15, 0.2) is 5.96 Å². The summed E-state index contributed by atoms with van der Waals surface area (Å²) in [4.78, 5) is 6.81. The highest BCUT2D eigenvalue weighted by Gasteiger charge is 2.25. The van der Waals surface area contributed by atoms with E-state index in [1.165, 1.54) is 5.56 Å². The minimum absolute atomic E-state index is 0. The predicted octanol–water partition coefficient (Wildman–Crippen LogP) is 4.06. The van der Waals surface area contributed by atoms with Crippen LogP contribution < -0.4 is 20.3 Å². The molecule has 4 rings (SSSR count). The van der Waals surface area contributed by atoms with Crippen LogP contribution in [0.4, 0.5) is 5.69 Å². The number of methoxy groups -OCH3 is 1. The average Bonchev–Trinajstić information content (AvgIpc) is 3.42. The SMILES string of the molecule is CN=C(NCc1ccccc1-n1nc(C)cc1C)NC1CCN(c2ccccc2OC)C1.I. The minimum atomic E-state index is 0. The number of hydrogen-bond acceptors (Lipinski definition) is 4. The number of anilines is 1. The second-order valence-electron chi connectivity index (χ2n) is 8.14. The molecule has 0 aliphatic carbocycles. The van der Waals surface area contributed by atoms with Gasteiger partial charge in [-0.1, -0.05) is 30.3 Å². The molecule has 2 heterocycles. The number of aromatic nitrogens is 2. The lowest BCUT2D eigenvalue weighted by Crippen LogP contribution is -2.44. The monoisotopic (exact) mass is 560 g/mol. The molecule has 176 valence electrons. The number of benzene rings is 2. The number of guanidine groups is 1. The van der Waals surface area contributed by atoms with Gasteiger partial charge in [-0.15, -0.1) is 24.0 Å². The largest absolute Gasteiger partial charge is 0.495 e. The minimum Gasteiger partial charge on any atom is -0.495 e. The highest BCUT2D eigenvalue weighted by atomic mass is 127. The van der Waals surface area contributed by atoms with Crippen LogP contribution in [-0.4, -0.2) is 49.0 Å². The van der Waals surface area contributed by atoms with Crippen LogP contribution in [0.5, 0.6) is 5.75 Å². The maximum Gasteiger partial charge on any atom is 0.191 e. The number of nitrogens with zero attached hydrogens (tertiary/aromatic N) is 4. The molecular weight excluding hydrogens is 527 g/mol.